The van der Waals surface area contributed by atoms with E-state index in [0.717, 1.165) is 31.1 Å². The molecule has 1 aliphatic heterocycles. The van der Waals surface area contributed by atoms with Crippen molar-refractivity contribution in [3.8, 4) is 0 Å². The molecule has 0 radical (unpaired) electrons. The predicted octanol–water partition coefficient (Wildman–Crippen LogP) is 6.26. The van der Waals surface area contributed by atoms with Crippen LogP contribution in [0.4, 0.5) is 0 Å². The molecule has 0 N–H and O–H groups in total. The number of benzene rings is 2. The SMILES string of the molecule is CC(C)c1ccc(CN2CCCn3cccc3[C@@H]2c2cccc(Cl)c2)cc1. The molecule has 0 spiro atoms. The van der Waals surface area contributed by atoms with Gasteiger partial charge in [0.05, 0.1) is 6.04 Å². The molecule has 2 aromatic carbocycles. The molecule has 0 fully saturated rings. The number of fused-ring (bicyclic) bond motifs is 1. The second-order valence-corrected chi connectivity index (χ2v) is 8.24. The summed E-state index contributed by atoms with van der Waals surface area (Å²) in [4.78, 5) is 2.59. The molecule has 0 bridgehead atoms. The van der Waals surface area contributed by atoms with Crippen LogP contribution >= 0.6 is 11.6 Å². The summed E-state index contributed by atoms with van der Waals surface area (Å²) in [5.41, 5.74) is 5.39. The molecule has 2 heterocycles. The second-order valence-electron chi connectivity index (χ2n) is 7.80. The number of aryl methyl sites for hydroxylation is 1. The maximum absolute atomic E-state index is 6.34. The maximum Gasteiger partial charge on any atom is 0.0759 e. The highest BCUT2D eigenvalue weighted by Gasteiger charge is 2.27. The molecule has 1 aliphatic rings. The van der Waals surface area contributed by atoms with Gasteiger partial charge in [-0.25, -0.2) is 0 Å². The fourth-order valence-electron chi connectivity index (χ4n) is 4.11. The van der Waals surface area contributed by atoms with Crippen molar-refractivity contribution in [3.63, 3.8) is 0 Å². The van der Waals surface area contributed by atoms with E-state index in [1.807, 2.05) is 6.07 Å². The molecule has 0 aliphatic carbocycles. The molecular formula is C24H27ClN2. The monoisotopic (exact) mass is 378 g/mol. The number of nitrogens with zero attached hydrogens (tertiary/aromatic N) is 2. The average molecular weight is 379 g/mol. The molecule has 2 nitrogen and oxygen atoms in total. The van der Waals surface area contributed by atoms with Crippen molar-refractivity contribution in [2.24, 2.45) is 0 Å². The lowest BCUT2D eigenvalue weighted by atomic mass is 9.99. The van der Waals surface area contributed by atoms with Gasteiger partial charge in [0.15, 0.2) is 0 Å². The van der Waals surface area contributed by atoms with E-state index in [1.54, 1.807) is 0 Å². The number of hydrogen-bond acceptors (Lipinski definition) is 1. The van der Waals surface area contributed by atoms with Gasteiger partial charge in [0.1, 0.15) is 0 Å². The number of halogens is 1. The summed E-state index contributed by atoms with van der Waals surface area (Å²) in [5, 5.41) is 0.802. The first kappa shape index (κ1) is 18.3. The van der Waals surface area contributed by atoms with E-state index in [0.29, 0.717) is 5.92 Å². The summed E-state index contributed by atoms with van der Waals surface area (Å²) in [7, 11) is 0. The lowest BCUT2D eigenvalue weighted by Gasteiger charge is -2.31. The first-order chi connectivity index (χ1) is 13.1. The highest BCUT2D eigenvalue weighted by atomic mass is 35.5. The van der Waals surface area contributed by atoms with E-state index in [1.165, 1.54) is 22.4 Å². The zero-order valence-electron chi connectivity index (χ0n) is 16.1. The van der Waals surface area contributed by atoms with Crippen LogP contribution in [0.3, 0.4) is 0 Å². The lowest BCUT2D eigenvalue weighted by molar-refractivity contribution is 0.220. The van der Waals surface area contributed by atoms with E-state index in [9.17, 15) is 0 Å². The van der Waals surface area contributed by atoms with Gasteiger partial charge in [-0.2, -0.15) is 0 Å². The van der Waals surface area contributed by atoms with E-state index in [-0.39, 0.29) is 6.04 Å². The Morgan fingerprint density at radius 3 is 2.56 bits per heavy atom. The van der Waals surface area contributed by atoms with Crippen LogP contribution < -0.4 is 0 Å². The van der Waals surface area contributed by atoms with Gasteiger partial charge in [-0.15, -0.1) is 0 Å². The molecule has 1 aromatic heterocycles. The quantitative estimate of drug-likeness (QED) is 0.520. The van der Waals surface area contributed by atoms with Gasteiger partial charge in [0, 0.05) is 36.5 Å². The zero-order valence-corrected chi connectivity index (χ0v) is 16.9. The van der Waals surface area contributed by atoms with Crippen molar-refractivity contribution in [2.75, 3.05) is 6.54 Å². The highest BCUT2D eigenvalue weighted by Crippen LogP contribution is 2.34. The Labute approximate surface area is 167 Å². The Bertz CT molecular complexity index is 895. The van der Waals surface area contributed by atoms with Gasteiger partial charge in [-0.3, -0.25) is 4.90 Å². The summed E-state index contributed by atoms with van der Waals surface area (Å²) in [6.07, 6.45) is 3.36. The molecule has 3 heteroatoms. The zero-order chi connectivity index (χ0) is 18.8. The van der Waals surface area contributed by atoms with Crippen LogP contribution in [-0.4, -0.2) is 16.0 Å². The van der Waals surface area contributed by atoms with E-state index in [2.05, 4.69) is 84.1 Å². The third-order valence-corrected chi connectivity index (χ3v) is 5.79. The summed E-state index contributed by atoms with van der Waals surface area (Å²) >= 11 is 6.34. The van der Waals surface area contributed by atoms with Crippen LogP contribution in [0.5, 0.6) is 0 Å². The molecule has 0 amide bonds. The van der Waals surface area contributed by atoms with Crippen molar-refractivity contribution < 1.29 is 0 Å². The highest BCUT2D eigenvalue weighted by molar-refractivity contribution is 6.30. The Morgan fingerprint density at radius 1 is 1.00 bits per heavy atom. The minimum absolute atomic E-state index is 0.228. The maximum atomic E-state index is 6.34. The molecule has 140 valence electrons. The lowest BCUT2D eigenvalue weighted by Crippen LogP contribution is -2.29. The van der Waals surface area contributed by atoms with Gasteiger partial charge < -0.3 is 4.57 Å². The fourth-order valence-corrected chi connectivity index (χ4v) is 4.31. The van der Waals surface area contributed by atoms with Gasteiger partial charge in [0.25, 0.3) is 0 Å². The van der Waals surface area contributed by atoms with Crippen molar-refractivity contribution in [1.29, 1.82) is 0 Å². The summed E-state index contributed by atoms with van der Waals surface area (Å²) in [6, 6.07) is 22.1. The smallest absolute Gasteiger partial charge is 0.0759 e. The minimum Gasteiger partial charge on any atom is -0.350 e. The van der Waals surface area contributed by atoms with Crippen molar-refractivity contribution >= 4 is 11.6 Å². The normalized spacial score (nSPS) is 17.7. The van der Waals surface area contributed by atoms with Gasteiger partial charge >= 0.3 is 0 Å². The molecule has 3 aromatic rings. The fraction of sp³-hybridized carbons (Fsp3) is 0.333. The Hall–Kier alpha value is -2.03. The Balaban J connectivity index is 1.68. The van der Waals surface area contributed by atoms with Crippen molar-refractivity contribution in [2.45, 2.75) is 45.3 Å². The Kier molecular flexibility index (Phi) is 5.38. The van der Waals surface area contributed by atoms with Crippen LogP contribution in [0, 0.1) is 0 Å². The Morgan fingerprint density at radius 2 is 1.81 bits per heavy atom. The first-order valence-electron chi connectivity index (χ1n) is 9.85. The van der Waals surface area contributed by atoms with Crippen LogP contribution in [0.2, 0.25) is 5.02 Å². The van der Waals surface area contributed by atoms with E-state index in [4.69, 9.17) is 11.6 Å². The minimum atomic E-state index is 0.228. The van der Waals surface area contributed by atoms with E-state index >= 15 is 0 Å². The van der Waals surface area contributed by atoms with Gasteiger partial charge in [0.2, 0.25) is 0 Å². The molecule has 27 heavy (non-hydrogen) atoms. The topological polar surface area (TPSA) is 8.17 Å². The largest absolute Gasteiger partial charge is 0.350 e. The van der Waals surface area contributed by atoms with Crippen LogP contribution in [0.1, 0.15) is 54.6 Å². The molecule has 0 unspecified atom stereocenters. The molecule has 0 saturated heterocycles. The summed E-state index contributed by atoms with van der Waals surface area (Å²) in [6.45, 7) is 7.58. The van der Waals surface area contributed by atoms with Crippen LogP contribution in [0.25, 0.3) is 0 Å². The first-order valence-corrected chi connectivity index (χ1v) is 10.2. The van der Waals surface area contributed by atoms with Gasteiger partial charge in [-0.1, -0.05) is 61.8 Å². The van der Waals surface area contributed by atoms with E-state index < -0.39 is 0 Å². The molecular weight excluding hydrogens is 352 g/mol. The molecule has 1 atom stereocenters. The van der Waals surface area contributed by atoms with Crippen LogP contribution in [0.15, 0.2) is 66.9 Å². The molecule has 4 rings (SSSR count). The van der Waals surface area contributed by atoms with Crippen LogP contribution in [-0.2, 0) is 13.1 Å². The van der Waals surface area contributed by atoms with Gasteiger partial charge in [-0.05, 0) is 53.3 Å². The average Bonchev–Trinajstić information content (AvgIpc) is 3.03. The summed E-state index contributed by atoms with van der Waals surface area (Å²) < 4.78 is 2.40. The third-order valence-electron chi connectivity index (χ3n) is 5.55. The standard InChI is InChI=1S/C24H27ClN2/c1-18(2)20-11-9-19(10-12-20)17-27-15-5-14-26-13-4-8-23(26)24(27)21-6-3-7-22(25)16-21/h3-4,6-13,16,18,24H,5,14-15,17H2,1-2H3/t24-/m0/s1. The predicted molar refractivity (Wildman–Crippen MR) is 113 cm³/mol. The number of rotatable bonds is 4. The second kappa shape index (κ2) is 7.92. The molecule has 0 saturated carbocycles. The van der Waals surface area contributed by atoms with Crippen molar-refractivity contribution in [3.05, 3.63) is 94.3 Å². The van der Waals surface area contributed by atoms with Crippen molar-refractivity contribution in [1.82, 2.24) is 9.47 Å². The number of aromatic nitrogens is 1. The third kappa shape index (κ3) is 3.97. The number of hydrogen-bond donors (Lipinski definition) is 0. The summed E-state index contributed by atoms with van der Waals surface area (Å²) in [5.74, 6) is 0.569.